The molecule has 8 heteroatoms. The minimum absolute atomic E-state index is 0. The predicted octanol–water partition coefficient (Wildman–Crippen LogP) is 3.78. The van der Waals surface area contributed by atoms with Gasteiger partial charge in [0.25, 0.3) is 0 Å². The Hall–Kier alpha value is -1.94. The van der Waals surface area contributed by atoms with E-state index in [9.17, 15) is 0 Å². The predicted molar refractivity (Wildman–Crippen MR) is 127 cm³/mol. The summed E-state index contributed by atoms with van der Waals surface area (Å²) in [6.07, 6.45) is 0.882. The zero-order chi connectivity index (χ0) is 19.2. The van der Waals surface area contributed by atoms with Crippen molar-refractivity contribution in [2.24, 2.45) is 4.99 Å². The summed E-state index contributed by atoms with van der Waals surface area (Å²) in [5.41, 5.74) is 5.52. The SMILES string of the molecule is CN=C(NCCc1csc(C)n1)NCc1ccccc1-n1nc(C)cc1C.I. The van der Waals surface area contributed by atoms with Gasteiger partial charge in [-0.15, -0.1) is 35.3 Å². The molecule has 0 aliphatic carbocycles. The number of rotatable bonds is 6. The Morgan fingerprint density at radius 1 is 1.18 bits per heavy atom. The third-order valence-corrected chi connectivity index (χ3v) is 5.06. The number of para-hydroxylation sites is 1. The van der Waals surface area contributed by atoms with Crippen molar-refractivity contribution in [3.63, 3.8) is 0 Å². The molecule has 2 aromatic heterocycles. The molecule has 28 heavy (non-hydrogen) atoms. The average Bonchev–Trinajstić information content (AvgIpc) is 3.22. The number of nitrogens with one attached hydrogen (secondary N) is 2. The molecule has 2 heterocycles. The summed E-state index contributed by atoms with van der Waals surface area (Å²) < 4.78 is 1.99. The zero-order valence-corrected chi connectivity index (χ0v) is 19.8. The third-order valence-electron chi connectivity index (χ3n) is 4.24. The molecule has 0 bridgehead atoms. The summed E-state index contributed by atoms with van der Waals surface area (Å²) in [6, 6.07) is 10.4. The van der Waals surface area contributed by atoms with E-state index in [1.54, 1.807) is 18.4 Å². The number of thiazole rings is 1. The molecule has 0 spiro atoms. The second-order valence-corrected chi connectivity index (χ2v) is 7.49. The largest absolute Gasteiger partial charge is 0.356 e. The van der Waals surface area contributed by atoms with Gasteiger partial charge >= 0.3 is 0 Å². The van der Waals surface area contributed by atoms with Crippen LogP contribution in [0.15, 0.2) is 40.7 Å². The summed E-state index contributed by atoms with van der Waals surface area (Å²) in [6.45, 7) is 7.58. The van der Waals surface area contributed by atoms with Gasteiger partial charge in [0.05, 0.1) is 22.1 Å². The molecule has 0 saturated carbocycles. The molecule has 3 rings (SSSR count). The molecule has 0 saturated heterocycles. The highest BCUT2D eigenvalue weighted by atomic mass is 127. The van der Waals surface area contributed by atoms with Crippen molar-refractivity contribution in [3.8, 4) is 5.69 Å². The first-order chi connectivity index (χ1) is 13.1. The van der Waals surface area contributed by atoms with Gasteiger partial charge in [0.2, 0.25) is 0 Å². The monoisotopic (exact) mass is 510 g/mol. The number of halogens is 1. The van der Waals surface area contributed by atoms with Gasteiger partial charge in [-0.25, -0.2) is 9.67 Å². The molecule has 2 N–H and O–H groups in total. The number of aryl methyl sites for hydroxylation is 3. The van der Waals surface area contributed by atoms with Crippen LogP contribution in [0.25, 0.3) is 5.69 Å². The highest BCUT2D eigenvalue weighted by Crippen LogP contribution is 2.16. The van der Waals surface area contributed by atoms with E-state index in [-0.39, 0.29) is 24.0 Å². The minimum atomic E-state index is 0. The van der Waals surface area contributed by atoms with Crippen LogP contribution in [0.5, 0.6) is 0 Å². The van der Waals surface area contributed by atoms with Crippen LogP contribution in [0.1, 0.15) is 27.7 Å². The number of hydrogen-bond acceptors (Lipinski definition) is 4. The van der Waals surface area contributed by atoms with Crippen molar-refractivity contribution in [1.29, 1.82) is 0 Å². The second kappa shape index (κ2) is 10.6. The Bertz CT molecular complexity index is 930. The van der Waals surface area contributed by atoms with Gasteiger partial charge in [-0.2, -0.15) is 5.10 Å². The summed E-state index contributed by atoms with van der Waals surface area (Å²) in [7, 11) is 1.79. The van der Waals surface area contributed by atoms with Crippen LogP contribution in [0.4, 0.5) is 0 Å². The van der Waals surface area contributed by atoms with Crippen molar-refractivity contribution in [3.05, 3.63) is 63.4 Å². The van der Waals surface area contributed by atoms with Crippen molar-refractivity contribution in [1.82, 2.24) is 25.4 Å². The Morgan fingerprint density at radius 2 is 1.96 bits per heavy atom. The van der Waals surface area contributed by atoms with Crippen LogP contribution >= 0.6 is 35.3 Å². The fraction of sp³-hybridized carbons (Fsp3) is 0.350. The van der Waals surface area contributed by atoms with Gasteiger partial charge in [0.15, 0.2) is 5.96 Å². The fourth-order valence-electron chi connectivity index (χ4n) is 2.97. The molecule has 1 aromatic carbocycles. The first-order valence-electron chi connectivity index (χ1n) is 9.04. The van der Waals surface area contributed by atoms with Crippen LogP contribution < -0.4 is 10.6 Å². The van der Waals surface area contributed by atoms with E-state index in [0.29, 0.717) is 6.54 Å². The molecular formula is C20H27IN6S. The number of hydrogen-bond donors (Lipinski definition) is 2. The molecule has 3 aromatic rings. The summed E-state index contributed by atoms with van der Waals surface area (Å²) >= 11 is 1.69. The molecule has 0 atom stereocenters. The number of aromatic nitrogens is 3. The summed E-state index contributed by atoms with van der Waals surface area (Å²) in [4.78, 5) is 8.81. The maximum atomic E-state index is 4.61. The number of aliphatic imine (C=N–C) groups is 1. The van der Waals surface area contributed by atoms with E-state index in [4.69, 9.17) is 0 Å². The molecule has 0 aliphatic rings. The van der Waals surface area contributed by atoms with Gasteiger partial charge in [0.1, 0.15) is 0 Å². The Kier molecular flexibility index (Phi) is 8.43. The quantitative estimate of drug-likeness (QED) is 0.301. The minimum Gasteiger partial charge on any atom is -0.356 e. The van der Waals surface area contributed by atoms with E-state index in [1.807, 2.05) is 30.7 Å². The first kappa shape index (κ1) is 22.4. The maximum absolute atomic E-state index is 4.61. The van der Waals surface area contributed by atoms with Gasteiger partial charge < -0.3 is 10.6 Å². The van der Waals surface area contributed by atoms with E-state index < -0.39 is 0 Å². The lowest BCUT2D eigenvalue weighted by Gasteiger charge is -2.15. The van der Waals surface area contributed by atoms with Gasteiger partial charge in [-0.3, -0.25) is 4.99 Å². The number of nitrogens with zero attached hydrogens (tertiary/aromatic N) is 4. The Balaban J connectivity index is 0.00000280. The van der Waals surface area contributed by atoms with E-state index in [1.165, 1.54) is 5.56 Å². The van der Waals surface area contributed by atoms with E-state index in [2.05, 4.69) is 56.2 Å². The van der Waals surface area contributed by atoms with Crippen LogP contribution in [-0.4, -0.2) is 34.3 Å². The Labute approximate surface area is 187 Å². The van der Waals surface area contributed by atoms with Crippen molar-refractivity contribution < 1.29 is 0 Å². The highest BCUT2D eigenvalue weighted by molar-refractivity contribution is 14.0. The molecule has 0 unspecified atom stereocenters. The summed E-state index contributed by atoms with van der Waals surface area (Å²) in [5.74, 6) is 0.783. The molecule has 0 aliphatic heterocycles. The van der Waals surface area contributed by atoms with Crippen LogP contribution in [0, 0.1) is 20.8 Å². The Morgan fingerprint density at radius 3 is 2.61 bits per heavy atom. The highest BCUT2D eigenvalue weighted by Gasteiger charge is 2.09. The smallest absolute Gasteiger partial charge is 0.191 e. The van der Waals surface area contributed by atoms with Crippen molar-refractivity contribution in [2.75, 3.05) is 13.6 Å². The number of guanidine groups is 1. The third kappa shape index (κ3) is 5.78. The lowest BCUT2D eigenvalue weighted by molar-refractivity contribution is 0.771. The average molecular weight is 510 g/mol. The van der Waals surface area contributed by atoms with E-state index in [0.717, 1.165) is 46.7 Å². The van der Waals surface area contributed by atoms with Gasteiger partial charge in [0, 0.05) is 37.6 Å². The second-order valence-electron chi connectivity index (χ2n) is 6.43. The molecule has 150 valence electrons. The van der Waals surface area contributed by atoms with Crippen LogP contribution in [0.2, 0.25) is 0 Å². The summed E-state index contributed by atoms with van der Waals surface area (Å²) in [5, 5.41) is 14.6. The normalized spacial score (nSPS) is 11.2. The van der Waals surface area contributed by atoms with Crippen LogP contribution in [-0.2, 0) is 13.0 Å². The fourth-order valence-corrected chi connectivity index (χ4v) is 3.62. The van der Waals surface area contributed by atoms with Gasteiger partial charge in [-0.05, 0) is 38.5 Å². The molecule has 0 amide bonds. The molecular weight excluding hydrogens is 483 g/mol. The molecule has 6 nitrogen and oxygen atoms in total. The zero-order valence-electron chi connectivity index (χ0n) is 16.7. The van der Waals surface area contributed by atoms with Gasteiger partial charge in [-0.1, -0.05) is 18.2 Å². The number of benzene rings is 1. The maximum Gasteiger partial charge on any atom is 0.191 e. The van der Waals surface area contributed by atoms with Crippen LogP contribution in [0.3, 0.4) is 0 Å². The van der Waals surface area contributed by atoms with Crippen molar-refractivity contribution in [2.45, 2.75) is 33.7 Å². The first-order valence-corrected chi connectivity index (χ1v) is 9.92. The molecule has 0 radical (unpaired) electrons. The standard InChI is InChI=1S/C20H26N6S.HI/c1-14-11-15(2)26(25-14)19-8-6-5-7-17(19)12-23-20(21-4)22-10-9-18-13-27-16(3)24-18;/h5-8,11,13H,9-10,12H2,1-4H3,(H2,21,22,23);1H. The van der Waals surface area contributed by atoms with E-state index >= 15 is 0 Å². The lowest BCUT2D eigenvalue weighted by atomic mass is 10.1. The lowest BCUT2D eigenvalue weighted by Crippen LogP contribution is -2.38. The van der Waals surface area contributed by atoms with Crippen molar-refractivity contribution >= 4 is 41.3 Å². The molecule has 0 fully saturated rings. The topological polar surface area (TPSA) is 67.1 Å².